The third-order valence-corrected chi connectivity index (χ3v) is 3.32. The molecule has 4 heteroatoms. The first-order valence-corrected chi connectivity index (χ1v) is 7.01. The smallest absolute Gasteiger partial charge is 0.0682 e. The number of methoxy groups -OCH3 is 1. The lowest BCUT2D eigenvalue weighted by Gasteiger charge is -2.27. The number of aliphatic hydroxyl groups excluding tert-OH is 1. The van der Waals surface area contributed by atoms with Gasteiger partial charge in [0.25, 0.3) is 0 Å². The van der Waals surface area contributed by atoms with Gasteiger partial charge in [0.15, 0.2) is 0 Å². The molecule has 1 aromatic rings. The number of benzene rings is 1. The van der Waals surface area contributed by atoms with Crippen LogP contribution >= 0.6 is 15.9 Å². The predicted molar refractivity (Wildman–Crippen MR) is 79.0 cm³/mol. The standard InChI is InChI=1S/C14H22BrNO2/c1-11(2)9-16(6-7-18-3)14-5-4-12(10-17)8-13(14)15/h4-5,8,11,17H,6-7,9-10H2,1-3H3. The zero-order valence-electron chi connectivity index (χ0n) is 11.3. The second-order valence-electron chi connectivity index (χ2n) is 4.78. The molecule has 1 rings (SSSR count). The molecule has 0 saturated carbocycles. The Kier molecular flexibility index (Phi) is 6.68. The van der Waals surface area contributed by atoms with Crippen molar-refractivity contribution in [2.75, 3.05) is 31.7 Å². The first-order valence-electron chi connectivity index (χ1n) is 6.21. The highest BCUT2D eigenvalue weighted by molar-refractivity contribution is 9.10. The Bertz CT molecular complexity index is 369. The van der Waals surface area contributed by atoms with Crippen molar-refractivity contribution in [1.29, 1.82) is 0 Å². The topological polar surface area (TPSA) is 32.7 Å². The predicted octanol–water partition coefficient (Wildman–Crippen LogP) is 3.05. The van der Waals surface area contributed by atoms with Crippen LogP contribution in [-0.2, 0) is 11.3 Å². The summed E-state index contributed by atoms with van der Waals surface area (Å²) in [6, 6.07) is 5.98. The minimum atomic E-state index is 0.0706. The molecule has 0 aromatic heterocycles. The first kappa shape index (κ1) is 15.5. The maximum absolute atomic E-state index is 9.12. The average Bonchev–Trinajstić information content (AvgIpc) is 2.34. The van der Waals surface area contributed by atoms with Crippen LogP contribution in [0.3, 0.4) is 0 Å². The number of nitrogens with zero attached hydrogens (tertiary/aromatic N) is 1. The van der Waals surface area contributed by atoms with Gasteiger partial charge in [-0.25, -0.2) is 0 Å². The van der Waals surface area contributed by atoms with Gasteiger partial charge in [-0.05, 0) is 39.5 Å². The van der Waals surface area contributed by atoms with Crippen molar-refractivity contribution in [3.8, 4) is 0 Å². The SMILES string of the molecule is COCCN(CC(C)C)c1ccc(CO)cc1Br. The quantitative estimate of drug-likeness (QED) is 0.839. The van der Waals surface area contributed by atoms with Crippen molar-refractivity contribution < 1.29 is 9.84 Å². The number of aliphatic hydroxyl groups is 1. The fourth-order valence-corrected chi connectivity index (χ4v) is 2.53. The summed E-state index contributed by atoms with van der Waals surface area (Å²) in [5.74, 6) is 0.589. The summed E-state index contributed by atoms with van der Waals surface area (Å²) >= 11 is 3.58. The van der Waals surface area contributed by atoms with E-state index >= 15 is 0 Å². The Morgan fingerprint density at radius 3 is 2.61 bits per heavy atom. The largest absolute Gasteiger partial charge is 0.392 e. The molecule has 0 bridgehead atoms. The summed E-state index contributed by atoms with van der Waals surface area (Å²) in [6.07, 6.45) is 0. The second-order valence-corrected chi connectivity index (χ2v) is 5.63. The fraction of sp³-hybridized carbons (Fsp3) is 0.571. The van der Waals surface area contributed by atoms with Gasteiger partial charge < -0.3 is 14.7 Å². The molecule has 3 nitrogen and oxygen atoms in total. The van der Waals surface area contributed by atoms with Crippen molar-refractivity contribution in [2.45, 2.75) is 20.5 Å². The van der Waals surface area contributed by atoms with Crippen molar-refractivity contribution in [1.82, 2.24) is 0 Å². The van der Waals surface area contributed by atoms with Gasteiger partial charge in [-0.2, -0.15) is 0 Å². The second kappa shape index (κ2) is 7.77. The highest BCUT2D eigenvalue weighted by Crippen LogP contribution is 2.28. The van der Waals surface area contributed by atoms with E-state index in [9.17, 15) is 0 Å². The van der Waals surface area contributed by atoms with Crippen molar-refractivity contribution in [2.24, 2.45) is 5.92 Å². The van der Waals surface area contributed by atoms with Gasteiger partial charge in [-0.1, -0.05) is 19.9 Å². The lowest BCUT2D eigenvalue weighted by Crippen LogP contribution is -2.31. The van der Waals surface area contributed by atoms with Gasteiger partial charge in [0, 0.05) is 24.7 Å². The van der Waals surface area contributed by atoms with E-state index in [1.165, 1.54) is 0 Å². The van der Waals surface area contributed by atoms with Gasteiger partial charge in [0.1, 0.15) is 0 Å². The van der Waals surface area contributed by atoms with E-state index in [2.05, 4.69) is 34.7 Å². The van der Waals surface area contributed by atoms with Crippen molar-refractivity contribution in [3.05, 3.63) is 28.2 Å². The molecular weight excluding hydrogens is 294 g/mol. The zero-order chi connectivity index (χ0) is 13.5. The molecule has 0 radical (unpaired) electrons. The Balaban J connectivity index is 2.89. The highest BCUT2D eigenvalue weighted by Gasteiger charge is 2.12. The van der Waals surface area contributed by atoms with Gasteiger partial charge in [0.05, 0.1) is 18.9 Å². The van der Waals surface area contributed by atoms with E-state index < -0.39 is 0 Å². The Hall–Kier alpha value is -0.580. The number of hydrogen-bond acceptors (Lipinski definition) is 3. The summed E-state index contributed by atoms with van der Waals surface area (Å²) in [6.45, 7) is 7.04. The van der Waals surface area contributed by atoms with Gasteiger partial charge in [-0.15, -0.1) is 0 Å². The summed E-state index contributed by atoms with van der Waals surface area (Å²) in [5, 5.41) is 9.12. The molecule has 0 saturated heterocycles. The van der Waals surface area contributed by atoms with Crippen LogP contribution in [0.25, 0.3) is 0 Å². The Morgan fingerprint density at radius 1 is 1.39 bits per heavy atom. The molecule has 18 heavy (non-hydrogen) atoms. The molecular formula is C14H22BrNO2. The Morgan fingerprint density at radius 2 is 2.11 bits per heavy atom. The maximum atomic E-state index is 9.12. The lowest BCUT2D eigenvalue weighted by molar-refractivity contribution is 0.204. The van der Waals surface area contributed by atoms with Crippen molar-refractivity contribution in [3.63, 3.8) is 0 Å². The van der Waals surface area contributed by atoms with Crippen LogP contribution in [0.1, 0.15) is 19.4 Å². The molecule has 102 valence electrons. The molecule has 0 unspecified atom stereocenters. The molecule has 0 heterocycles. The molecule has 0 aliphatic heterocycles. The van der Waals surface area contributed by atoms with E-state index in [1.807, 2.05) is 18.2 Å². The number of hydrogen-bond donors (Lipinski definition) is 1. The van der Waals surface area contributed by atoms with Gasteiger partial charge in [0.2, 0.25) is 0 Å². The number of rotatable bonds is 7. The Labute approximate surface area is 118 Å². The molecule has 0 atom stereocenters. The van der Waals surface area contributed by atoms with E-state index in [-0.39, 0.29) is 6.61 Å². The van der Waals surface area contributed by atoms with Crippen LogP contribution < -0.4 is 4.90 Å². The van der Waals surface area contributed by atoms with Crippen LogP contribution in [0.4, 0.5) is 5.69 Å². The summed E-state index contributed by atoms with van der Waals surface area (Å²) < 4.78 is 6.18. The molecule has 0 aliphatic carbocycles. The third-order valence-electron chi connectivity index (χ3n) is 2.69. The number of anilines is 1. The highest BCUT2D eigenvalue weighted by atomic mass is 79.9. The van der Waals surface area contributed by atoms with E-state index in [4.69, 9.17) is 9.84 Å². The number of halogens is 1. The maximum Gasteiger partial charge on any atom is 0.0682 e. The summed E-state index contributed by atoms with van der Waals surface area (Å²) in [4.78, 5) is 2.30. The van der Waals surface area contributed by atoms with Crippen LogP contribution in [-0.4, -0.2) is 31.9 Å². The molecule has 0 fully saturated rings. The van der Waals surface area contributed by atoms with E-state index in [0.717, 1.165) is 28.8 Å². The summed E-state index contributed by atoms with van der Waals surface area (Å²) in [5.41, 5.74) is 2.07. The van der Waals surface area contributed by atoms with Crippen LogP contribution in [0.5, 0.6) is 0 Å². The van der Waals surface area contributed by atoms with E-state index in [0.29, 0.717) is 12.5 Å². The molecule has 0 aliphatic rings. The van der Waals surface area contributed by atoms with Gasteiger partial charge >= 0.3 is 0 Å². The average molecular weight is 316 g/mol. The molecule has 0 amide bonds. The minimum Gasteiger partial charge on any atom is -0.392 e. The molecule has 0 spiro atoms. The van der Waals surface area contributed by atoms with Crippen LogP contribution in [0, 0.1) is 5.92 Å². The third kappa shape index (κ3) is 4.59. The first-order chi connectivity index (χ1) is 8.58. The van der Waals surface area contributed by atoms with Crippen LogP contribution in [0.15, 0.2) is 22.7 Å². The fourth-order valence-electron chi connectivity index (χ4n) is 1.86. The lowest BCUT2D eigenvalue weighted by atomic mass is 10.1. The van der Waals surface area contributed by atoms with Gasteiger partial charge in [-0.3, -0.25) is 0 Å². The van der Waals surface area contributed by atoms with Crippen LogP contribution in [0.2, 0.25) is 0 Å². The van der Waals surface area contributed by atoms with Crippen molar-refractivity contribution >= 4 is 21.6 Å². The van der Waals surface area contributed by atoms with E-state index in [1.54, 1.807) is 7.11 Å². The monoisotopic (exact) mass is 315 g/mol. The minimum absolute atomic E-state index is 0.0706. The molecule has 1 N–H and O–H groups in total. The molecule has 1 aromatic carbocycles. The number of ether oxygens (including phenoxy) is 1. The summed E-state index contributed by atoms with van der Waals surface area (Å²) in [7, 11) is 1.72. The normalized spacial score (nSPS) is 11.0. The zero-order valence-corrected chi connectivity index (χ0v) is 12.9.